The first kappa shape index (κ1) is 28.2. The zero-order valence-corrected chi connectivity index (χ0v) is 22.5. The smallest absolute Gasteiger partial charge is 0.244 e. The fraction of sp³-hybridized carbons (Fsp3) is 0.462. The molecule has 35 heavy (non-hydrogen) atoms. The molecule has 0 saturated heterocycles. The van der Waals surface area contributed by atoms with Gasteiger partial charge in [-0.15, -0.1) is 0 Å². The van der Waals surface area contributed by atoms with Crippen molar-refractivity contribution < 1.29 is 22.7 Å². The number of benzene rings is 2. The number of carbonyl (C=O) groups is 2. The van der Waals surface area contributed by atoms with E-state index < -0.39 is 28.5 Å². The van der Waals surface area contributed by atoms with Gasteiger partial charge in [0.2, 0.25) is 21.8 Å². The van der Waals surface area contributed by atoms with Gasteiger partial charge in [0, 0.05) is 13.1 Å². The monoisotopic (exact) mass is 503 g/mol. The summed E-state index contributed by atoms with van der Waals surface area (Å²) in [5.74, 6) is 0.0968. The lowest BCUT2D eigenvalue weighted by molar-refractivity contribution is -0.139. The first-order chi connectivity index (χ1) is 16.3. The van der Waals surface area contributed by atoms with Crippen molar-refractivity contribution in [3.05, 3.63) is 59.2 Å². The lowest BCUT2D eigenvalue weighted by atomic mass is 10.1. The Morgan fingerprint density at radius 2 is 1.63 bits per heavy atom. The van der Waals surface area contributed by atoms with Crippen molar-refractivity contribution in [1.29, 1.82) is 0 Å². The van der Waals surface area contributed by atoms with Crippen LogP contribution in [0.5, 0.6) is 5.75 Å². The van der Waals surface area contributed by atoms with E-state index in [1.54, 1.807) is 58.2 Å². The van der Waals surface area contributed by atoms with Crippen LogP contribution >= 0.6 is 0 Å². The zero-order chi connectivity index (χ0) is 26.3. The third-order valence-electron chi connectivity index (χ3n) is 5.71. The first-order valence-corrected chi connectivity index (χ1v) is 13.4. The minimum atomic E-state index is -3.78. The van der Waals surface area contributed by atoms with Crippen LogP contribution < -0.4 is 14.4 Å². The second-order valence-electron chi connectivity index (χ2n) is 9.20. The SMILES string of the molecule is COc1cccc(CN(C(=O)CN(c2c(C)cccc2C)S(C)(=O)=O)C(C)C(=O)NCC(C)C)c1. The molecule has 0 fully saturated rings. The third-order valence-corrected chi connectivity index (χ3v) is 6.82. The normalized spacial score (nSPS) is 12.2. The summed E-state index contributed by atoms with van der Waals surface area (Å²) in [7, 11) is -2.22. The van der Waals surface area contributed by atoms with E-state index in [4.69, 9.17) is 4.74 Å². The molecule has 8 nitrogen and oxygen atoms in total. The van der Waals surface area contributed by atoms with Crippen molar-refractivity contribution in [3.8, 4) is 5.75 Å². The summed E-state index contributed by atoms with van der Waals surface area (Å²) >= 11 is 0. The molecule has 2 rings (SSSR count). The van der Waals surface area contributed by atoms with Gasteiger partial charge in [-0.3, -0.25) is 13.9 Å². The number of ether oxygens (including phenoxy) is 1. The van der Waals surface area contributed by atoms with Crippen molar-refractivity contribution in [2.75, 3.05) is 30.8 Å². The molecular formula is C26H37N3O5S. The Morgan fingerprint density at radius 3 is 2.17 bits per heavy atom. The second kappa shape index (κ2) is 12.1. The van der Waals surface area contributed by atoms with Crippen LogP contribution in [0.4, 0.5) is 5.69 Å². The molecule has 1 unspecified atom stereocenters. The highest BCUT2D eigenvalue weighted by Crippen LogP contribution is 2.27. The van der Waals surface area contributed by atoms with Crippen molar-refractivity contribution in [2.45, 2.75) is 47.2 Å². The summed E-state index contributed by atoms with van der Waals surface area (Å²) in [6, 6.07) is 11.9. The second-order valence-corrected chi connectivity index (χ2v) is 11.1. The van der Waals surface area contributed by atoms with E-state index in [1.165, 1.54) is 4.90 Å². The summed E-state index contributed by atoms with van der Waals surface area (Å²) in [6.07, 6.45) is 1.08. The van der Waals surface area contributed by atoms with Gasteiger partial charge in [-0.25, -0.2) is 8.42 Å². The molecular weight excluding hydrogens is 466 g/mol. The average Bonchev–Trinajstić information content (AvgIpc) is 2.79. The van der Waals surface area contributed by atoms with E-state index in [2.05, 4.69) is 5.32 Å². The first-order valence-electron chi connectivity index (χ1n) is 11.6. The predicted molar refractivity (Wildman–Crippen MR) is 139 cm³/mol. The number of carbonyl (C=O) groups excluding carboxylic acids is 2. The number of hydrogen-bond donors (Lipinski definition) is 1. The molecule has 0 aliphatic rings. The summed E-state index contributed by atoms with van der Waals surface area (Å²) < 4.78 is 32.0. The van der Waals surface area contributed by atoms with E-state index in [9.17, 15) is 18.0 Å². The van der Waals surface area contributed by atoms with Crippen LogP contribution in [0, 0.1) is 19.8 Å². The molecule has 0 saturated carbocycles. The molecule has 1 N–H and O–H groups in total. The minimum absolute atomic E-state index is 0.122. The zero-order valence-electron chi connectivity index (χ0n) is 21.7. The fourth-order valence-corrected chi connectivity index (χ4v) is 4.74. The molecule has 0 spiro atoms. The molecule has 0 radical (unpaired) electrons. The average molecular weight is 504 g/mol. The Labute approximate surface area is 209 Å². The largest absolute Gasteiger partial charge is 0.497 e. The molecule has 2 amide bonds. The summed E-state index contributed by atoms with van der Waals surface area (Å²) in [5, 5.41) is 2.87. The lowest BCUT2D eigenvalue weighted by Crippen LogP contribution is -2.51. The maximum Gasteiger partial charge on any atom is 0.244 e. The molecule has 0 aliphatic heterocycles. The molecule has 1 atom stereocenters. The predicted octanol–water partition coefficient (Wildman–Crippen LogP) is 3.27. The van der Waals surface area contributed by atoms with Crippen LogP contribution in [0.25, 0.3) is 0 Å². The molecule has 0 bridgehead atoms. The van der Waals surface area contributed by atoms with Crippen LogP contribution in [-0.2, 0) is 26.2 Å². The standard InChI is InChI=1S/C26H37N3O5S/c1-18(2)15-27-26(31)21(5)28(16-22-12-9-13-23(14-22)34-6)24(30)17-29(35(7,32)33)25-19(3)10-8-11-20(25)4/h8-14,18,21H,15-17H2,1-7H3,(H,27,31). The summed E-state index contributed by atoms with van der Waals surface area (Å²) in [6.45, 7) is 9.41. The number of methoxy groups -OCH3 is 1. The molecule has 0 heterocycles. The van der Waals surface area contributed by atoms with Gasteiger partial charge in [-0.1, -0.05) is 44.2 Å². The van der Waals surface area contributed by atoms with Crippen molar-refractivity contribution in [1.82, 2.24) is 10.2 Å². The van der Waals surface area contributed by atoms with Crippen molar-refractivity contribution in [2.24, 2.45) is 5.92 Å². The fourth-order valence-electron chi connectivity index (χ4n) is 3.78. The maximum absolute atomic E-state index is 13.6. The van der Waals surface area contributed by atoms with Crippen molar-refractivity contribution in [3.63, 3.8) is 0 Å². The summed E-state index contributed by atoms with van der Waals surface area (Å²) in [5.41, 5.74) is 2.72. The molecule has 0 aromatic heterocycles. The highest BCUT2D eigenvalue weighted by Gasteiger charge is 2.31. The Balaban J connectivity index is 2.44. The number of nitrogens with zero attached hydrogens (tertiary/aromatic N) is 2. The maximum atomic E-state index is 13.6. The van der Waals surface area contributed by atoms with E-state index in [0.717, 1.165) is 27.3 Å². The van der Waals surface area contributed by atoms with Gasteiger partial charge >= 0.3 is 0 Å². The van der Waals surface area contributed by atoms with Gasteiger partial charge < -0.3 is 15.0 Å². The van der Waals surface area contributed by atoms with Crippen LogP contribution in [0.1, 0.15) is 37.5 Å². The Hall–Kier alpha value is -3.07. The van der Waals surface area contributed by atoms with Gasteiger partial charge in [-0.05, 0) is 55.5 Å². The van der Waals surface area contributed by atoms with Gasteiger partial charge in [0.15, 0.2) is 0 Å². The number of rotatable bonds is 11. The molecule has 192 valence electrons. The van der Waals surface area contributed by atoms with Gasteiger partial charge in [0.25, 0.3) is 0 Å². The van der Waals surface area contributed by atoms with E-state index in [-0.39, 0.29) is 18.4 Å². The lowest BCUT2D eigenvalue weighted by Gasteiger charge is -2.32. The number of para-hydroxylation sites is 1. The van der Waals surface area contributed by atoms with E-state index in [0.29, 0.717) is 18.0 Å². The highest BCUT2D eigenvalue weighted by atomic mass is 32.2. The van der Waals surface area contributed by atoms with E-state index in [1.807, 2.05) is 26.0 Å². The number of aryl methyl sites for hydroxylation is 2. The molecule has 0 aliphatic carbocycles. The summed E-state index contributed by atoms with van der Waals surface area (Å²) in [4.78, 5) is 28.0. The topological polar surface area (TPSA) is 96.0 Å². The van der Waals surface area contributed by atoms with Crippen LogP contribution in [0.3, 0.4) is 0 Å². The van der Waals surface area contributed by atoms with Gasteiger partial charge in [0.05, 0.1) is 19.1 Å². The number of amides is 2. The number of anilines is 1. The molecule has 9 heteroatoms. The highest BCUT2D eigenvalue weighted by molar-refractivity contribution is 7.92. The molecule has 2 aromatic carbocycles. The Morgan fingerprint density at radius 1 is 1.03 bits per heavy atom. The Kier molecular flexibility index (Phi) is 9.71. The quantitative estimate of drug-likeness (QED) is 0.508. The number of nitrogens with one attached hydrogen (secondary N) is 1. The number of hydrogen-bond acceptors (Lipinski definition) is 5. The minimum Gasteiger partial charge on any atom is -0.497 e. The van der Waals surface area contributed by atoms with E-state index >= 15 is 0 Å². The molecule has 2 aromatic rings. The van der Waals surface area contributed by atoms with Crippen LogP contribution in [0.15, 0.2) is 42.5 Å². The van der Waals surface area contributed by atoms with Gasteiger partial charge in [-0.2, -0.15) is 0 Å². The van der Waals surface area contributed by atoms with Crippen LogP contribution in [-0.4, -0.2) is 57.6 Å². The van der Waals surface area contributed by atoms with Crippen molar-refractivity contribution >= 4 is 27.5 Å². The number of sulfonamides is 1. The third kappa shape index (κ3) is 7.71. The van der Waals surface area contributed by atoms with Crippen LogP contribution in [0.2, 0.25) is 0 Å². The Bertz CT molecular complexity index is 1130. The van der Waals surface area contributed by atoms with Gasteiger partial charge in [0.1, 0.15) is 18.3 Å².